The Morgan fingerprint density at radius 2 is 1.83 bits per heavy atom. The van der Waals surface area contributed by atoms with Gasteiger partial charge in [0.15, 0.2) is 5.82 Å². The molecule has 120 valence electrons. The van der Waals surface area contributed by atoms with Crippen molar-refractivity contribution in [1.29, 1.82) is 0 Å². The zero-order valence-electron chi connectivity index (χ0n) is 13.3. The molecule has 1 aromatic carbocycles. The molecule has 1 saturated heterocycles. The number of ketones is 1. The normalized spacial score (nSPS) is 15.0. The molecule has 23 heavy (non-hydrogen) atoms. The van der Waals surface area contributed by atoms with E-state index in [2.05, 4.69) is 21.8 Å². The molecule has 0 N–H and O–H groups in total. The molecular weight excluding hydrogens is 293 g/mol. The number of carbonyl (C=O) groups excluding carboxylic acids is 1. The molecule has 2 heterocycles. The molecule has 5 heteroatoms. The van der Waals surface area contributed by atoms with Gasteiger partial charge in [0, 0.05) is 43.3 Å². The first-order chi connectivity index (χ1) is 11.2. The van der Waals surface area contributed by atoms with Gasteiger partial charge in [-0.05, 0) is 30.7 Å². The van der Waals surface area contributed by atoms with E-state index in [-0.39, 0.29) is 5.82 Å². The fourth-order valence-electron chi connectivity index (χ4n) is 2.74. The van der Waals surface area contributed by atoms with Gasteiger partial charge in [-0.25, -0.2) is 14.4 Å². The van der Waals surface area contributed by atoms with Crippen LogP contribution in [0.5, 0.6) is 0 Å². The average molecular weight is 313 g/mol. The molecule has 0 radical (unpaired) electrons. The topological polar surface area (TPSA) is 46.1 Å². The van der Waals surface area contributed by atoms with Gasteiger partial charge in [-0.15, -0.1) is 0 Å². The Balaban J connectivity index is 1.95. The largest absolute Gasteiger partial charge is 0.356 e. The Kier molecular flexibility index (Phi) is 4.65. The van der Waals surface area contributed by atoms with Gasteiger partial charge >= 0.3 is 0 Å². The van der Waals surface area contributed by atoms with Gasteiger partial charge in [0.05, 0.1) is 0 Å². The number of anilines is 1. The summed E-state index contributed by atoms with van der Waals surface area (Å²) in [6.07, 6.45) is 3.01. The lowest BCUT2D eigenvalue weighted by Gasteiger charge is -2.27. The SMILES string of the molecule is CCCc1cc(N2CCC(=O)CC2)nc(-c2ccc(F)cc2)n1. The monoisotopic (exact) mass is 313 g/mol. The lowest BCUT2D eigenvalue weighted by Crippen LogP contribution is -2.34. The van der Waals surface area contributed by atoms with Crippen LogP contribution in [0.3, 0.4) is 0 Å². The fourth-order valence-corrected chi connectivity index (χ4v) is 2.74. The molecule has 1 aliphatic rings. The predicted octanol–water partition coefficient (Wildman–Crippen LogP) is 3.40. The molecule has 1 aromatic heterocycles. The summed E-state index contributed by atoms with van der Waals surface area (Å²) in [6, 6.07) is 8.25. The van der Waals surface area contributed by atoms with Crippen LogP contribution in [0.25, 0.3) is 11.4 Å². The molecule has 4 nitrogen and oxygen atoms in total. The number of Topliss-reactive ketones (excluding diaryl/α,β-unsaturated/α-hetero) is 1. The minimum atomic E-state index is -0.270. The highest BCUT2D eigenvalue weighted by Crippen LogP contribution is 2.23. The molecule has 0 atom stereocenters. The summed E-state index contributed by atoms with van der Waals surface area (Å²) >= 11 is 0. The van der Waals surface area contributed by atoms with E-state index >= 15 is 0 Å². The Bertz CT molecular complexity index is 690. The van der Waals surface area contributed by atoms with Crippen molar-refractivity contribution in [3.63, 3.8) is 0 Å². The molecule has 0 spiro atoms. The molecule has 0 bridgehead atoms. The summed E-state index contributed by atoms with van der Waals surface area (Å²) < 4.78 is 13.1. The Hall–Kier alpha value is -2.30. The minimum absolute atomic E-state index is 0.270. The van der Waals surface area contributed by atoms with Gasteiger partial charge in [-0.1, -0.05) is 13.3 Å². The van der Waals surface area contributed by atoms with Gasteiger partial charge in [-0.2, -0.15) is 0 Å². The van der Waals surface area contributed by atoms with Crippen molar-refractivity contribution >= 4 is 11.6 Å². The maximum atomic E-state index is 13.1. The number of benzene rings is 1. The fraction of sp³-hybridized carbons (Fsp3) is 0.389. The highest BCUT2D eigenvalue weighted by molar-refractivity contribution is 5.80. The van der Waals surface area contributed by atoms with E-state index in [1.807, 2.05) is 6.07 Å². The number of halogens is 1. The van der Waals surface area contributed by atoms with Crippen molar-refractivity contribution < 1.29 is 9.18 Å². The summed E-state index contributed by atoms with van der Waals surface area (Å²) in [7, 11) is 0. The maximum absolute atomic E-state index is 13.1. The van der Waals surface area contributed by atoms with Gasteiger partial charge in [0.2, 0.25) is 0 Å². The summed E-state index contributed by atoms with van der Waals surface area (Å²) in [5, 5.41) is 0. The molecule has 0 amide bonds. The van der Waals surface area contributed by atoms with Gasteiger partial charge in [-0.3, -0.25) is 4.79 Å². The van der Waals surface area contributed by atoms with Crippen molar-refractivity contribution in [2.75, 3.05) is 18.0 Å². The van der Waals surface area contributed by atoms with Crippen molar-refractivity contribution in [2.45, 2.75) is 32.6 Å². The number of hydrogen-bond donors (Lipinski definition) is 0. The molecular formula is C18H20FN3O. The number of carbonyl (C=O) groups is 1. The van der Waals surface area contributed by atoms with Crippen LogP contribution in [0.4, 0.5) is 10.2 Å². The number of aryl methyl sites for hydroxylation is 1. The second-order valence-electron chi connectivity index (χ2n) is 5.82. The van der Waals surface area contributed by atoms with Crippen LogP contribution < -0.4 is 4.90 Å². The molecule has 0 saturated carbocycles. The molecule has 3 rings (SSSR count). The molecule has 2 aromatic rings. The van der Waals surface area contributed by atoms with Crippen LogP contribution in [-0.4, -0.2) is 28.8 Å². The van der Waals surface area contributed by atoms with Crippen LogP contribution in [0.15, 0.2) is 30.3 Å². The van der Waals surface area contributed by atoms with E-state index in [4.69, 9.17) is 0 Å². The smallest absolute Gasteiger partial charge is 0.161 e. The third-order valence-corrected chi connectivity index (χ3v) is 4.02. The van der Waals surface area contributed by atoms with E-state index in [1.165, 1.54) is 12.1 Å². The number of nitrogens with zero attached hydrogens (tertiary/aromatic N) is 3. The van der Waals surface area contributed by atoms with Crippen molar-refractivity contribution in [3.05, 3.63) is 41.8 Å². The standard InChI is InChI=1S/C18H20FN3O/c1-2-3-15-12-17(22-10-8-16(23)9-11-22)21-18(20-15)13-4-6-14(19)7-5-13/h4-7,12H,2-3,8-11H2,1H3. The van der Waals surface area contributed by atoms with Crippen molar-refractivity contribution in [2.24, 2.45) is 0 Å². The van der Waals surface area contributed by atoms with Crippen molar-refractivity contribution in [1.82, 2.24) is 9.97 Å². The third-order valence-electron chi connectivity index (χ3n) is 4.02. The molecule has 0 aliphatic carbocycles. The Morgan fingerprint density at radius 3 is 2.48 bits per heavy atom. The molecule has 1 aliphatic heterocycles. The van der Waals surface area contributed by atoms with E-state index in [0.717, 1.165) is 29.9 Å². The maximum Gasteiger partial charge on any atom is 0.161 e. The quantitative estimate of drug-likeness (QED) is 0.868. The van der Waals surface area contributed by atoms with Gasteiger partial charge in [0.1, 0.15) is 17.4 Å². The number of hydrogen-bond acceptors (Lipinski definition) is 4. The second kappa shape index (κ2) is 6.86. The number of piperidine rings is 1. The number of rotatable bonds is 4. The Morgan fingerprint density at radius 1 is 1.13 bits per heavy atom. The molecule has 1 fully saturated rings. The first kappa shape index (κ1) is 15.6. The van der Waals surface area contributed by atoms with E-state index in [0.29, 0.717) is 37.5 Å². The van der Waals surface area contributed by atoms with E-state index in [9.17, 15) is 9.18 Å². The van der Waals surface area contributed by atoms with E-state index < -0.39 is 0 Å². The molecule has 0 unspecified atom stereocenters. The predicted molar refractivity (Wildman–Crippen MR) is 87.9 cm³/mol. The summed E-state index contributed by atoms with van der Waals surface area (Å²) in [5.41, 5.74) is 1.78. The average Bonchev–Trinajstić information content (AvgIpc) is 2.56. The Labute approximate surface area is 135 Å². The lowest BCUT2D eigenvalue weighted by atomic mass is 10.1. The second-order valence-corrected chi connectivity index (χ2v) is 5.82. The first-order valence-electron chi connectivity index (χ1n) is 8.06. The first-order valence-corrected chi connectivity index (χ1v) is 8.06. The van der Waals surface area contributed by atoms with E-state index in [1.54, 1.807) is 12.1 Å². The zero-order valence-corrected chi connectivity index (χ0v) is 13.3. The summed E-state index contributed by atoms with van der Waals surface area (Å²) in [6.45, 7) is 3.51. The summed E-state index contributed by atoms with van der Waals surface area (Å²) in [4.78, 5) is 22.8. The minimum Gasteiger partial charge on any atom is -0.356 e. The number of aromatic nitrogens is 2. The van der Waals surface area contributed by atoms with Crippen molar-refractivity contribution in [3.8, 4) is 11.4 Å². The highest BCUT2D eigenvalue weighted by atomic mass is 19.1. The van der Waals surface area contributed by atoms with Gasteiger partial charge < -0.3 is 4.90 Å². The van der Waals surface area contributed by atoms with Crippen LogP contribution >= 0.6 is 0 Å². The highest BCUT2D eigenvalue weighted by Gasteiger charge is 2.19. The third kappa shape index (κ3) is 3.73. The van der Waals surface area contributed by atoms with Crippen LogP contribution in [-0.2, 0) is 11.2 Å². The van der Waals surface area contributed by atoms with Crippen LogP contribution in [0, 0.1) is 5.82 Å². The van der Waals surface area contributed by atoms with Crippen LogP contribution in [0.1, 0.15) is 31.9 Å². The lowest BCUT2D eigenvalue weighted by molar-refractivity contribution is -0.119. The zero-order chi connectivity index (χ0) is 16.2. The summed E-state index contributed by atoms with van der Waals surface area (Å²) in [5.74, 6) is 1.51. The van der Waals surface area contributed by atoms with Gasteiger partial charge in [0.25, 0.3) is 0 Å². The van der Waals surface area contributed by atoms with Crippen LogP contribution in [0.2, 0.25) is 0 Å².